The standard InChI is InChI=1S/C20H31N3O/c1-15-13-22(3)10-11-23(15)14-20(24)21-16(2)18-9-8-17-6-4-5-7-19(17)12-18/h8-9,12,15-16H,4-7,10-11,13-14H2,1-3H3,(H,21,24)/t15-,16+/m1/s1. The monoisotopic (exact) mass is 329 g/mol. The average Bonchev–Trinajstić information content (AvgIpc) is 2.57. The van der Waals surface area contributed by atoms with Crippen LogP contribution in [0.5, 0.6) is 0 Å². The van der Waals surface area contributed by atoms with Gasteiger partial charge in [0.2, 0.25) is 5.91 Å². The van der Waals surface area contributed by atoms with Crippen LogP contribution in [-0.4, -0.2) is 55.0 Å². The topological polar surface area (TPSA) is 35.6 Å². The Hall–Kier alpha value is -1.39. The first-order valence-corrected chi connectivity index (χ1v) is 9.36. The number of piperazine rings is 1. The van der Waals surface area contributed by atoms with Gasteiger partial charge < -0.3 is 10.2 Å². The number of nitrogens with zero attached hydrogens (tertiary/aromatic N) is 2. The molecule has 1 aromatic rings. The predicted octanol–water partition coefficient (Wildman–Crippen LogP) is 2.38. The van der Waals surface area contributed by atoms with Crippen molar-refractivity contribution in [1.29, 1.82) is 0 Å². The Balaban J connectivity index is 1.56. The van der Waals surface area contributed by atoms with Gasteiger partial charge in [0.25, 0.3) is 0 Å². The predicted molar refractivity (Wildman–Crippen MR) is 98.2 cm³/mol. The number of hydrogen-bond donors (Lipinski definition) is 1. The summed E-state index contributed by atoms with van der Waals surface area (Å²) in [6.45, 7) is 7.85. The van der Waals surface area contributed by atoms with Gasteiger partial charge in [-0.15, -0.1) is 0 Å². The minimum Gasteiger partial charge on any atom is -0.348 e. The zero-order valence-corrected chi connectivity index (χ0v) is 15.3. The van der Waals surface area contributed by atoms with Gasteiger partial charge in [-0.25, -0.2) is 0 Å². The van der Waals surface area contributed by atoms with E-state index in [4.69, 9.17) is 0 Å². The highest BCUT2D eigenvalue weighted by molar-refractivity contribution is 5.78. The highest BCUT2D eigenvalue weighted by atomic mass is 16.2. The fourth-order valence-corrected chi connectivity index (χ4v) is 3.99. The summed E-state index contributed by atoms with van der Waals surface area (Å²) in [5, 5.41) is 3.19. The Bertz CT molecular complexity index is 586. The number of aryl methyl sites for hydroxylation is 2. The molecule has 4 heteroatoms. The van der Waals surface area contributed by atoms with Crippen LogP contribution < -0.4 is 5.32 Å². The Morgan fingerprint density at radius 1 is 1.25 bits per heavy atom. The van der Waals surface area contributed by atoms with Crippen molar-refractivity contribution in [2.75, 3.05) is 33.2 Å². The fourth-order valence-electron chi connectivity index (χ4n) is 3.99. The van der Waals surface area contributed by atoms with Gasteiger partial charge in [0.05, 0.1) is 12.6 Å². The van der Waals surface area contributed by atoms with Crippen molar-refractivity contribution in [3.63, 3.8) is 0 Å². The van der Waals surface area contributed by atoms with Crippen molar-refractivity contribution in [1.82, 2.24) is 15.1 Å². The molecule has 2 aliphatic rings. The molecule has 132 valence electrons. The maximum Gasteiger partial charge on any atom is 0.234 e. The van der Waals surface area contributed by atoms with Gasteiger partial charge in [0.15, 0.2) is 0 Å². The second-order valence-corrected chi connectivity index (χ2v) is 7.61. The van der Waals surface area contributed by atoms with Gasteiger partial charge in [-0.3, -0.25) is 9.69 Å². The molecule has 0 aromatic heterocycles. The Morgan fingerprint density at radius 3 is 2.75 bits per heavy atom. The molecule has 0 saturated carbocycles. The van der Waals surface area contributed by atoms with Crippen molar-refractivity contribution < 1.29 is 4.79 Å². The molecule has 0 spiro atoms. The second-order valence-electron chi connectivity index (χ2n) is 7.61. The molecule has 0 bridgehead atoms. The van der Waals surface area contributed by atoms with Crippen molar-refractivity contribution in [3.05, 3.63) is 34.9 Å². The number of amides is 1. The molecule has 24 heavy (non-hydrogen) atoms. The summed E-state index contributed by atoms with van der Waals surface area (Å²) in [5.74, 6) is 0.136. The van der Waals surface area contributed by atoms with Crippen molar-refractivity contribution in [3.8, 4) is 0 Å². The molecule has 3 rings (SSSR count). The zero-order valence-electron chi connectivity index (χ0n) is 15.3. The van der Waals surface area contributed by atoms with Crippen molar-refractivity contribution in [2.45, 2.75) is 51.6 Å². The summed E-state index contributed by atoms with van der Waals surface area (Å²) in [7, 11) is 2.14. The van der Waals surface area contributed by atoms with Gasteiger partial charge >= 0.3 is 0 Å². The van der Waals surface area contributed by atoms with E-state index < -0.39 is 0 Å². The van der Waals surface area contributed by atoms with E-state index in [1.807, 2.05) is 0 Å². The molecule has 1 saturated heterocycles. The van der Waals surface area contributed by atoms with E-state index in [0.29, 0.717) is 12.6 Å². The molecule has 1 aromatic carbocycles. The molecule has 1 heterocycles. The van der Waals surface area contributed by atoms with Crippen LogP contribution in [0.15, 0.2) is 18.2 Å². The number of fused-ring (bicyclic) bond motifs is 1. The lowest BCUT2D eigenvalue weighted by Gasteiger charge is -2.37. The minimum absolute atomic E-state index is 0.0764. The van der Waals surface area contributed by atoms with E-state index in [0.717, 1.165) is 19.6 Å². The van der Waals surface area contributed by atoms with Crippen molar-refractivity contribution >= 4 is 5.91 Å². The lowest BCUT2D eigenvalue weighted by Crippen LogP contribution is -2.53. The lowest BCUT2D eigenvalue weighted by atomic mass is 9.89. The van der Waals surface area contributed by atoms with Crippen LogP contribution in [0.1, 0.15) is 49.4 Å². The number of carbonyl (C=O) groups is 1. The molecule has 0 unspecified atom stereocenters. The van der Waals surface area contributed by atoms with Crippen LogP contribution in [0.3, 0.4) is 0 Å². The normalized spacial score (nSPS) is 23.5. The highest BCUT2D eigenvalue weighted by Crippen LogP contribution is 2.24. The quantitative estimate of drug-likeness (QED) is 0.921. The van der Waals surface area contributed by atoms with Gasteiger partial charge in [-0.05, 0) is 63.3 Å². The first-order valence-electron chi connectivity index (χ1n) is 9.36. The Labute approximate surface area is 146 Å². The maximum atomic E-state index is 12.4. The minimum atomic E-state index is 0.0764. The molecule has 1 aliphatic carbocycles. The number of rotatable bonds is 4. The zero-order chi connectivity index (χ0) is 17.1. The Morgan fingerprint density at radius 2 is 2.00 bits per heavy atom. The van der Waals surface area contributed by atoms with Gasteiger partial charge in [0.1, 0.15) is 0 Å². The van der Waals surface area contributed by atoms with Crippen LogP contribution in [0.2, 0.25) is 0 Å². The number of benzene rings is 1. The van der Waals surface area contributed by atoms with E-state index in [9.17, 15) is 4.79 Å². The first kappa shape index (κ1) is 17.4. The second kappa shape index (κ2) is 7.66. The summed E-state index contributed by atoms with van der Waals surface area (Å²) in [6.07, 6.45) is 4.99. The van der Waals surface area contributed by atoms with Gasteiger partial charge in [-0.2, -0.15) is 0 Å². The first-order chi connectivity index (χ1) is 11.5. The highest BCUT2D eigenvalue weighted by Gasteiger charge is 2.24. The summed E-state index contributed by atoms with van der Waals surface area (Å²) < 4.78 is 0. The summed E-state index contributed by atoms with van der Waals surface area (Å²) in [6, 6.07) is 7.27. The molecule has 1 amide bonds. The van der Waals surface area contributed by atoms with Crippen LogP contribution in [0.4, 0.5) is 0 Å². The number of hydrogen-bond acceptors (Lipinski definition) is 3. The maximum absolute atomic E-state index is 12.4. The number of carbonyl (C=O) groups excluding carboxylic acids is 1. The Kier molecular flexibility index (Phi) is 5.57. The van der Waals surface area contributed by atoms with E-state index in [1.165, 1.54) is 42.4 Å². The van der Waals surface area contributed by atoms with E-state index in [2.05, 4.69) is 54.2 Å². The van der Waals surface area contributed by atoms with Crippen LogP contribution in [0, 0.1) is 0 Å². The molecular weight excluding hydrogens is 298 g/mol. The van der Waals surface area contributed by atoms with Crippen LogP contribution in [-0.2, 0) is 17.6 Å². The summed E-state index contributed by atoms with van der Waals surface area (Å²) in [5.41, 5.74) is 4.21. The smallest absolute Gasteiger partial charge is 0.234 e. The summed E-state index contributed by atoms with van der Waals surface area (Å²) >= 11 is 0. The summed E-state index contributed by atoms with van der Waals surface area (Å²) in [4.78, 5) is 17.1. The lowest BCUT2D eigenvalue weighted by molar-refractivity contribution is -0.124. The van der Waals surface area contributed by atoms with E-state index in [-0.39, 0.29) is 11.9 Å². The van der Waals surface area contributed by atoms with Crippen molar-refractivity contribution in [2.24, 2.45) is 0 Å². The van der Waals surface area contributed by atoms with Crippen LogP contribution in [0.25, 0.3) is 0 Å². The average molecular weight is 329 g/mol. The molecule has 2 atom stereocenters. The largest absolute Gasteiger partial charge is 0.348 e. The molecule has 1 aliphatic heterocycles. The third-order valence-electron chi connectivity index (χ3n) is 5.56. The number of nitrogens with one attached hydrogen (secondary N) is 1. The third kappa shape index (κ3) is 4.17. The van der Waals surface area contributed by atoms with Gasteiger partial charge in [-0.1, -0.05) is 18.2 Å². The molecular formula is C20H31N3O. The molecule has 4 nitrogen and oxygen atoms in total. The van der Waals surface area contributed by atoms with E-state index >= 15 is 0 Å². The number of likely N-dealkylation sites (N-methyl/N-ethyl adjacent to an activating group) is 1. The third-order valence-corrected chi connectivity index (χ3v) is 5.56. The molecule has 1 N–H and O–H groups in total. The van der Waals surface area contributed by atoms with Gasteiger partial charge in [0, 0.05) is 25.7 Å². The van der Waals surface area contributed by atoms with E-state index in [1.54, 1.807) is 0 Å². The SMILES string of the molecule is C[C@H](NC(=O)CN1CCN(C)C[C@H]1C)c1ccc2c(c1)CCCC2. The molecule has 1 fully saturated rings. The van der Waals surface area contributed by atoms with Crippen LogP contribution >= 0.6 is 0 Å². The fraction of sp³-hybridized carbons (Fsp3) is 0.650. The molecule has 0 radical (unpaired) electrons.